The van der Waals surface area contributed by atoms with Gasteiger partial charge < -0.3 is 5.11 Å². The Kier molecular flexibility index (Phi) is 2.29. The van der Waals surface area contributed by atoms with E-state index in [9.17, 15) is 4.79 Å². The third-order valence-electron chi connectivity index (χ3n) is 1.04. The second kappa shape index (κ2) is 2.84. The molecule has 0 saturated carbocycles. The lowest BCUT2D eigenvalue weighted by Crippen LogP contribution is -2.08. The summed E-state index contributed by atoms with van der Waals surface area (Å²) in [6, 6.07) is 0. The van der Waals surface area contributed by atoms with Crippen LogP contribution in [0.5, 0.6) is 0 Å². The molecule has 1 saturated heterocycles. The summed E-state index contributed by atoms with van der Waals surface area (Å²) in [6.07, 6.45) is 0. The largest absolute Gasteiger partial charge is 0.480 e. The molecule has 0 aliphatic carbocycles. The van der Waals surface area contributed by atoms with Gasteiger partial charge in [-0.1, -0.05) is 6.92 Å². The van der Waals surface area contributed by atoms with Crippen LogP contribution in [-0.4, -0.2) is 26.7 Å². The highest BCUT2D eigenvalue weighted by molar-refractivity contribution is 8.21. The third-order valence-corrected chi connectivity index (χ3v) is 4.27. The Morgan fingerprint density at radius 1 is 1.78 bits per heavy atom. The average Bonchev–Trinajstić information content (AvgIpc) is 2.14. The maximum Gasteiger partial charge on any atom is 0.326 e. The van der Waals surface area contributed by atoms with Crippen molar-refractivity contribution in [1.82, 2.24) is 0 Å². The summed E-state index contributed by atoms with van der Waals surface area (Å²) in [4.78, 5) is 10.3. The number of carboxylic acid groups (broad SMARTS) is 1. The van der Waals surface area contributed by atoms with Gasteiger partial charge in [0.05, 0.1) is 0 Å². The average molecular weight is 164 g/mol. The Labute approximate surface area is 62.4 Å². The summed E-state index contributed by atoms with van der Waals surface area (Å²) in [6.45, 7) is 2.06. The first kappa shape index (κ1) is 7.28. The molecule has 1 N–H and O–H groups in total. The van der Waals surface area contributed by atoms with E-state index in [0.717, 1.165) is 5.75 Å². The van der Waals surface area contributed by atoms with Crippen LogP contribution in [0.2, 0.25) is 0 Å². The molecule has 1 aliphatic rings. The van der Waals surface area contributed by atoms with Gasteiger partial charge in [-0.25, -0.2) is 0 Å². The predicted molar refractivity (Wildman–Crippen MR) is 40.9 cm³/mol. The fourth-order valence-corrected chi connectivity index (χ4v) is 3.44. The first-order valence-corrected chi connectivity index (χ1v) is 4.69. The summed E-state index contributed by atoms with van der Waals surface area (Å²) < 4.78 is -0.208. The maximum atomic E-state index is 10.3. The Hall–Kier alpha value is 0.170. The smallest absolute Gasteiger partial charge is 0.326 e. The summed E-state index contributed by atoms with van der Waals surface area (Å²) >= 11 is 3.06. The molecular formula is C5H8O2S2. The van der Waals surface area contributed by atoms with Gasteiger partial charge in [-0.3, -0.25) is 4.79 Å². The Morgan fingerprint density at radius 2 is 2.44 bits per heavy atom. The lowest BCUT2D eigenvalue weighted by Gasteiger charge is -1.98. The molecule has 0 radical (unpaired) electrons. The zero-order valence-corrected chi connectivity index (χ0v) is 6.67. The van der Waals surface area contributed by atoms with E-state index in [2.05, 4.69) is 6.92 Å². The van der Waals surface area contributed by atoms with Crippen LogP contribution < -0.4 is 0 Å². The zero-order valence-electron chi connectivity index (χ0n) is 5.03. The van der Waals surface area contributed by atoms with Gasteiger partial charge in [0.15, 0.2) is 0 Å². The molecule has 4 heteroatoms. The van der Waals surface area contributed by atoms with Crippen molar-refractivity contribution in [3.05, 3.63) is 0 Å². The lowest BCUT2D eigenvalue weighted by molar-refractivity contribution is -0.134. The highest BCUT2D eigenvalue weighted by Crippen LogP contribution is 2.37. The SMILES string of the molecule is C[C@H]1CS[C@@H](C(=O)O)S1. The van der Waals surface area contributed by atoms with E-state index >= 15 is 0 Å². The molecule has 1 heterocycles. The van der Waals surface area contributed by atoms with Crippen molar-refractivity contribution in [2.24, 2.45) is 0 Å². The van der Waals surface area contributed by atoms with E-state index in [-0.39, 0.29) is 4.58 Å². The number of aliphatic carboxylic acids is 1. The van der Waals surface area contributed by atoms with Crippen molar-refractivity contribution >= 4 is 29.5 Å². The maximum absolute atomic E-state index is 10.3. The number of hydrogen-bond acceptors (Lipinski definition) is 3. The predicted octanol–water partition coefficient (Wildman–Crippen LogP) is 1.27. The molecule has 0 aromatic carbocycles. The molecule has 1 fully saturated rings. The third kappa shape index (κ3) is 1.79. The van der Waals surface area contributed by atoms with Gasteiger partial charge in [-0.05, 0) is 0 Å². The zero-order chi connectivity index (χ0) is 6.85. The van der Waals surface area contributed by atoms with E-state index in [0.29, 0.717) is 5.25 Å². The quantitative estimate of drug-likeness (QED) is 0.633. The van der Waals surface area contributed by atoms with Gasteiger partial charge in [0.1, 0.15) is 4.58 Å². The Bertz CT molecular complexity index is 126. The second-order valence-corrected chi connectivity index (χ2v) is 4.93. The standard InChI is InChI=1S/C5H8O2S2/c1-3-2-8-5(9-3)4(6)7/h3,5H,2H2,1H3,(H,6,7)/t3-,5+/m0/s1. The molecule has 0 amide bonds. The fraction of sp³-hybridized carbons (Fsp3) is 0.800. The van der Waals surface area contributed by atoms with E-state index in [1.165, 1.54) is 23.5 Å². The van der Waals surface area contributed by atoms with Crippen molar-refractivity contribution in [3.63, 3.8) is 0 Å². The number of rotatable bonds is 1. The molecule has 0 bridgehead atoms. The van der Waals surface area contributed by atoms with E-state index in [1.54, 1.807) is 0 Å². The highest BCUT2D eigenvalue weighted by atomic mass is 32.2. The van der Waals surface area contributed by atoms with Crippen LogP contribution in [-0.2, 0) is 4.79 Å². The van der Waals surface area contributed by atoms with Gasteiger partial charge in [0, 0.05) is 11.0 Å². The summed E-state index contributed by atoms with van der Waals surface area (Å²) in [5, 5.41) is 9.00. The lowest BCUT2D eigenvalue weighted by atomic mass is 10.6. The normalized spacial score (nSPS) is 34.8. The Balaban J connectivity index is 2.39. The van der Waals surface area contributed by atoms with Crippen LogP contribution in [0.1, 0.15) is 6.92 Å². The number of carboxylic acids is 1. The van der Waals surface area contributed by atoms with Gasteiger partial charge in [-0.15, -0.1) is 23.5 Å². The first-order chi connectivity index (χ1) is 4.20. The summed E-state index contributed by atoms with van der Waals surface area (Å²) in [5.74, 6) is 0.288. The molecule has 0 aromatic rings. The molecule has 52 valence electrons. The molecule has 0 spiro atoms. The monoisotopic (exact) mass is 164 g/mol. The molecule has 2 atom stereocenters. The van der Waals surface area contributed by atoms with Crippen molar-refractivity contribution in [3.8, 4) is 0 Å². The fourth-order valence-electron chi connectivity index (χ4n) is 0.642. The topological polar surface area (TPSA) is 37.3 Å². The second-order valence-electron chi connectivity index (χ2n) is 1.95. The minimum atomic E-state index is -0.686. The molecule has 0 unspecified atom stereocenters. The highest BCUT2D eigenvalue weighted by Gasteiger charge is 2.27. The van der Waals surface area contributed by atoms with Crippen molar-refractivity contribution in [1.29, 1.82) is 0 Å². The van der Waals surface area contributed by atoms with Crippen LogP contribution in [0.4, 0.5) is 0 Å². The minimum absolute atomic E-state index is 0.208. The number of thioether (sulfide) groups is 2. The number of hydrogen-bond donors (Lipinski definition) is 1. The van der Waals surface area contributed by atoms with Gasteiger partial charge in [-0.2, -0.15) is 0 Å². The molecule has 2 nitrogen and oxygen atoms in total. The molecule has 1 rings (SSSR count). The van der Waals surface area contributed by atoms with Crippen LogP contribution in [0.15, 0.2) is 0 Å². The summed E-state index contributed by atoms with van der Waals surface area (Å²) in [5.41, 5.74) is 0. The van der Waals surface area contributed by atoms with Crippen LogP contribution >= 0.6 is 23.5 Å². The molecular weight excluding hydrogens is 156 g/mol. The van der Waals surface area contributed by atoms with Crippen LogP contribution in [0, 0.1) is 0 Å². The van der Waals surface area contributed by atoms with Crippen molar-refractivity contribution in [2.75, 3.05) is 5.75 Å². The van der Waals surface area contributed by atoms with Crippen LogP contribution in [0.3, 0.4) is 0 Å². The molecule has 1 aliphatic heterocycles. The first-order valence-electron chi connectivity index (χ1n) is 2.70. The van der Waals surface area contributed by atoms with Crippen molar-refractivity contribution in [2.45, 2.75) is 16.8 Å². The Morgan fingerprint density at radius 3 is 2.67 bits per heavy atom. The summed E-state index contributed by atoms with van der Waals surface area (Å²) in [7, 11) is 0. The van der Waals surface area contributed by atoms with Crippen molar-refractivity contribution < 1.29 is 9.90 Å². The van der Waals surface area contributed by atoms with E-state index < -0.39 is 5.97 Å². The van der Waals surface area contributed by atoms with E-state index in [4.69, 9.17) is 5.11 Å². The number of carbonyl (C=O) groups is 1. The van der Waals surface area contributed by atoms with Crippen LogP contribution in [0.25, 0.3) is 0 Å². The van der Waals surface area contributed by atoms with Gasteiger partial charge >= 0.3 is 5.97 Å². The van der Waals surface area contributed by atoms with Gasteiger partial charge in [0.25, 0.3) is 0 Å². The minimum Gasteiger partial charge on any atom is -0.480 e. The van der Waals surface area contributed by atoms with Gasteiger partial charge in [0.2, 0.25) is 0 Å². The molecule has 0 aromatic heterocycles. The van der Waals surface area contributed by atoms with E-state index in [1.807, 2.05) is 0 Å². The molecule has 9 heavy (non-hydrogen) atoms.